The van der Waals surface area contributed by atoms with E-state index in [0.717, 1.165) is 38.0 Å². The highest BCUT2D eigenvalue weighted by atomic mass is 16.1. The second kappa shape index (κ2) is 5.82. The quantitative estimate of drug-likeness (QED) is 0.666. The molecule has 1 heterocycles. The Kier molecular flexibility index (Phi) is 4.14. The maximum atomic E-state index is 11.4. The number of hydrogen-bond donors (Lipinski definition) is 2. The highest BCUT2D eigenvalue weighted by Gasteiger charge is 2.22. The molecule has 0 unspecified atom stereocenters. The number of carbonyl (C=O) groups excluding carboxylic acids is 1. The van der Waals surface area contributed by atoms with Crippen LogP contribution in [-0.2, 0) is 18.3 Å². The largest absolute Gasteiger partial charge is 0.353 e. The van der Waals surface area contributed by atoms with Gasteiger partial charge in [-0.1, -0.05) is 0 Å². The maximum Gasteiger partial charge on any atom is 0.221 e. The zero-order chi connectivity index (χ0) is 12.1. The minimum atomic E-state index is 0.165. The van der Waals surface area contributed by atoms with Crippen LogP contribution in [0.3, 0.4) is 0 Å². The molecule has 0 aromatic carbocycles. The van der Waals surface area contributed by atoms with Crippen LogP contribution in [0.2, 0.25) is 0 Å². The zero-order valence-electron chi connectivity index (χ0n) is 10.3. The number of aromatic nitrogens is 2. The number of nitrogens with one attached hydrogen (secondary N) is 2. The van der Waals surface area contributed by atoms with E-state index in [1.165, 1.54) is 0 Å². The molecule has 0 saturated heterocycles. The molecule has 94 valence electrons. The van der Waals surface area contributed by atoms with Crippen LogP contribution < -0.4 is 10.6 Å². The Labute approximate surface area is 102 Å². The van der Waals surface area contributed by atoms with E-state index in [1.54, 1.807) is 4.68 Å². The average molecular weight is 236 g/mol. The van der Waals surface area contributed by atoms with Gasteiger partial charge < -0.3 is 10.6 Å². The fourth-order valence-corrected chi connectivity index (χ4v) is 1.67. The first kappa shape index (κ1) is 12.1. The molecule has 1 aliphatic carbocycles. The van der Waals surface area contributed by atoms with Crippen molar-refractivity contribution in [3.05, 3.63) is 18.0 Å². The average Bonchev–Trinajstić information content (AvgIpc) is 3.00. The molecular formula is C12H20N4O. The second-order valence-electron chi connectivity index (χ2n) is 4.57. The maximum absolute atomic E-state index is 11.4. The summed E-state index contributed by atoms with van der Waals surface area (Å²) < 4.78 is 1.80. The van der Waals surface area contributed by atoms with Crippen LogP contribution in [0.5, 0.6) is 0 Å². The predicted octanol–water partition coefficient (Wildman–Crippen LogP) is 0.221. The number of hydrogen-bond acceptors (Lipinski definition) is 3. The monoisotopic (exact) mass is 236 g/mol. The van der Waals surface area contributed by atoms with Gasteiger partial charge in [-0.2, -0.15) is 5.10 Å². The first-order valence-corrected chi connectivity index (χ1v) is 6.22. The normalized spacial score (nSPS) is 14.9. The number of nitrogens with zero attached hydrogens (tertiary/aromatic N) is 2. The summed E-state index contributed by atoms with van der Waals surface area (Å²) >= 11 is 0. The first-order valence-electron chi connectivity index (χ1n) is 6.22. The van der Waals surface area contributed by atoms with Gasteiger partial charge in [0.15, 0.2) is 0 Å². The highest BCUT2D eigenvalue weighted by Crippen LogP contribution is 2.18. The van der Waals surface area contributed by atoms with E-state index in [0.29, 0.717) is 12.5 Å². The summed E-state index contributed by atoms with van der Waals surface area (Å²) in [5.41, 5.74) is 1.09. The van der Waals surface area contributed by atoms with Crippen molar-refractivity contribution in [2.45, 2.75) is 31.7 Å². The van der Waals surface area contributed by atoms with Gasteiger partial charge in [0, 0.05) is 45.2 Å². The highest BCUT2D eigenvalue weighted by molar-refractivity contribution is 5.76. The number of rotatable bonds is 7. The van der Waals surface area contributed by atoms with Gasteiger partial charge >= 0.3 is 0 Å². The Bertz CT molecular complexity index is 370. The Morgan fingerprint density at radius 2 is 2.35 bits per heavy atom. The third kappa shape index (κ3) is 4.56. The van der Waals surface area contributed by atoms with Gasteiger partial charge in [0.25, 0.3) is 0 Å². The van der Waals surface area contributed by atoms with Gasteiger partial charge in [-0.15, -0.1) is 0 Å². The SMILES string of the molecule is Cn1ccc(CCNCCC(=O)NC2CC2)n1. The van der Waals surface area contributed by atoms with Crippen LogP contribution in [0.4, 0.5) is 0 Å². The fraction of sp³-hybridized carbons (Fsp3) is 0.667. The number of aryl methyl sites for hydroxylation is 1. The lowest BCUT2D eigenvalue weighted by molar-refractivity contribution is -0.121. The van der Waals surface area contributed by atoms with E-state index in [9.17, 15) is 4.79 Å². The summed E-state index contributed by atoms with van der Waals surface area (Å²) in [5, 5.41) is 10.5. The van der Waals surface area contributed by atoms with Gasteiger partial charge in [0.1, 0.15) is 0 Å². The van der Waals surface area contributed by atoms with Crippen LogP contribution in [0.25, 0.3) is 0 Å². The molecule has 1 aliphatic rings. The molecular weight excluding hydrogens is 216 g/mol. The van der Waals surface area contributed by atoms with E-state index in [4.69, 9.17) is 0 Å². The Morgan fingerprint density at radius 1 is 1.53 bits per heavy atom. The molecule has 0 atom stereocenters. The lowest BCUT2D eigenvalue weighted by Crippen LogP contribution is -2.29. The summed E-state index contributed by atoms with van der Waals surface area (Å²) in [6, 6.07) is 2.48. The topological polar surface area (TPSA) is 59.0 Å². The molecule has 2 N–H and O–H groups in total. The van der Waals surface area contributed by atoms with E-state index in [2.05, 4.69) is 15.7 Å². The molecule has 2 rings (SSSR count). The zero-order valence-corrected chi connectivity index (χ0v) is 10.3. The minimum absolute atomic E-state index is 0.165. The first-order chi connectivity index (χ1) is 8.24. The second-order valence-corrected chi connectivity index (χ2v) is 4.57. The van der Waals surface area contributed by atoms with Crippen molar-refractivity contribution in [2.75, 3.05) is 13.1 Å². The number of amides is 1. The standard InChI is InChI=1S/C12H20N4O/c1-16-9-6-11(15-16)4-7-13-8-5-12(17)14-10-2-3-10/h6,9-10,13H,2-5,7-8H2,1H3,(H,14,17). The van der Waals surface area contributed by atoms with Crippen molar-refractivity contribution in [3.63, 3.8) is 0 Å². The van der Waals surface area contributed by atoms with Gasteiger partial charge in [-0.05, 0) is 18.9 Å². The van der Waals surface area contributed by atoms with Crippen LogP contribution in [-0.4, -0.2) is 34.8 Å². The molecule has 5 nitrogen and oxygen atoms in total. The molecule has 1 fully saturated rings. The Balaban J connectivity index is 1.49. The minimum Gasteiger partial charge on any atom is -0.353 e. The van der Waals surface area contributed by atoms with Gasteiger partial charge in [0.05, 0.1) is 5.69 Å². The van der Waals surface area contributed by atoms with Crippen molar-refractivity contribution in [1.29, 1.82) is 0 Å². The van der Waals surface area contributed by atoms with Crippen LogP contribution in [0, 0.1) is 0 Å². The van der Waals surface area contributed by atoms with E-state index in [-0.39, 0.29) is 5.91 Å². The summed E-state index contributed by atoms with van der Waals surface area (Å²) in [4.78, 5) is 11.4. The lowest BCUT2D eigenvalue weighted by Gasteiger charge is -2.04. The fourth-order valence-electron chi connectivity index (χ4n) is 1.67. The molecule has 5 heteroatoms. The van der Waals surface area contributed by atoms with E-state index >= 15 is 0 Å². The van der Waals surface area contributed by atoms with Crippen molar-refractivity contribution in [3.8, 4) is 0 Å². The smallest absolute Gasteiger partial charge is 0.221 e. The molecule has 0 spiro atoms. The molecule has 0 aliphatic heterocycles. The molecule has 1 amide bonds. The third-order valence-corrected chi connectivity index (χ3v) is 2.80. The summed E-state index contributed by atoms with van der Waals surface area (Å²) in [5.74, 6) is 0.165. The van der Waals surface area contributed by atoms with E-state index in [1.807, 2.05) is 19.3 Å². The van der Waals surface area contributed by atoms with E-state index < -0.39 is 0 Å². The van der Waals surface area contributed by atoms with Crippen molar-refractivity contribution in [2.24, 2.45) is 7.05 Å². The Hall–Kier alpha value is -1.36. The lowest BCUT2D eigenvalue weighted by atomic mass is 10.3. The van der Waals surface area contributed by atoms with Crippen molar-refractivity contribution < 1.29 is 4.79 Å². The van der Waals surface area contributed by atoms with Gasteiger partial charge in [-0.25, -0.2) is 0 Å². The van der Waals surface area contributed by atoms with Crippen molar-refractivity contribution in [1.82, 2.24) is 20.4 Å². The van der Waals surface area contributed by atoms with Crippen LogP contribution in [0.1, 0.15) is 25.0 Å². The molecule has 17 heavy (non-hydrogen) atoms. The van der Waals surface area contributed by atoms with Crippen molar-refractivity contribution >= 4 is 5.91 Å². The molecule has 1 saturated carbocycles. The summed E-state index contributed by atoms with van der Waals surface area (Å²) in [6.45, 7) is 1.61. The van der Waals surface area contributed by atoms with Crippen LogP contribution in [0.15, 0.2) is 12.3 Å². The third-order valence-electron chi connectivity index (χ3n) is 2.80. The molecule has 1 aromatic rings. The number of carbonyl (C=O) groups is 1. The summed E-state index contributed by atoms with van der Waals surface area (Å²) in [6.07, 6.45) is 5.72. The summed E-state index contributed by atoms with van der Waals surface area (Å²) in [7, 11) is 1.92. The van der Waals surface area contributed by atoms with Gasteiger partial charge in [0.2, 0.25) is 5.91 Å². The van der Waals surface area contributed by atoms with Crippen LogP contribution >= 0.6 is 0 Å². The van der Waals surface area contributed by atoms with Gasteiger partial charge in [-0.3, -0.25) is 9.48 Å². The Morgan fingerprint density at radius 3 is 3.00 bits per heavy atom. The molecule has 1 aromatic heterocycles. The molecule has 0 bridgehead atoms. The molecule has 0 radical (unpaired) electrons. The predicted molar refractivity (Wildman–Crippen MR) is 65.6 cm³/mol.